The molecule has 0 fully saturated rings. The maximum absolute atomic E-state index is 11.2. The van der Waals surface area contributed by atoms with Gasteiger partial charge in [-0.05, 0) is 61.9 Å². The highest BCUT2D eigenvalue weighted by atomic mass is 32.2. The van der Waals surface area contributed by atoms with Gasteiger partial charge in [-0.15, -0.1) is 0 Å². The van der Waals surface area contributed by atoms with Crippen LogP contribution in [0.25, 0.3) is 11.0 Å². The van der Waals surface area contributed by atoms with Crippen molar-refractivity contribution < 1.29 is 19.4 Å². The Morgan fingerprint density at radius 3 is 2.27 bits per heavy atom. The summed E-state index contributed by atoms with van der Waals surface area (Å²) in [6, 6.07) is 16.1. The minimum absolute atomic E-state index is 0.343. The normalized spacial score (nSPS) is 14.0. The Morgan fingerprint density at radius 2 is 1.63 bits per heavy atom. The van der Waals surface area contributed by atoms with Crippen LogP contribution in [0.15, 0.2) is 70.5 Å². The molecule has 3 aromatic rings. The number of amides is 1. The van der Waals surface area contributed by atoms with Crippen LogP contribution in [0.1, 0.15) is 89.9 Å². The number of carbonyl (C=O) groups is 2. The van der Waals surface area contributed by atoms with Crippen molar-refractivity contribution in [3.8, 4) is 0 Å². The second-order valence-corrected chi connectivity index (χ2v) is 11.7. The second kappa shape index (κ2) is 19.0. The molecule has 1 aliphatic carbocycles. The number of nitrogens with one attached hydrogen (secondary N) is 2. The zero-order valence-corrected chi connectivity index (χ0v) is 25.1. The van der Waals surface area contributed by atoms with Crippen molar-refractivity contribution in [2.45, 2.75) is 99.7 Å². The summed E-state index contributed by atoms with van der Waals surface area (Å²) in [5.74, 6) is 0.609. The molecule has 1 heterocycles. The number of aromatic amines is 1. The number of rotatable bonds is 16. The molecule has 0 radical (unpaired) electrons. The lowest BCUT2D eigenvalue weighted by Crippen LogP contribution is -2.11. The summed E-state index contributed by atoms with van der Waals surface area (Å²) >= 11 is 1.67. The number of hydrogen-bond acceptors (Lipinski definition) is 5. The van der Waals surface area contributed by atoms with Gasteiger partial charge in [-0.1, -0.05) is 99.9 Å². The van der Waals surface area contributed by atoms with Gasteiger partial charge in [-0.2, -0.15) is 0 Å². The Labute approximate surface area is 248 Å². The zero-order chi connectivity index (χ0) is 29.1. The molecule has 222 valence electrons. The van der Waals surface area contributed by atoms with Crippen LogP contribution in [0.5, 0.6) is 0 Å². The Hall–Kier alpha value is -3.26. The third kappa shape index (κ3) is 13.3. The largest absolute Gasteiger partial charge is 0.481 e. The predicted molar refractivity (Wildman–Crippen MR) is 168 cm³/mol. The van der Waals surface area contributed by atoms with E-state index in [0.29, 0.717) is 12.4 Å². The number of allylic oxidation sites excluding steroid dienone is 2. The van der Waals surface area contributed by atoms with E-state index in [4.69, 9.17) is 5.11 Å². The fourth-order valence-corrected chi connectivity index (χ4v) is 5.79. The van der Waals surface area contributed by atoms with E-state index in [-0.39, 0.29) is 0 Å². The number of carboxylic acid groups (broad SMARTS) is 1. The van der Waals surface area contributed by atoms with Crippen LogP contribution in [0.3, 0.4) is 0 Å². The van der Waals surface area contributed by atoms with Gasteiger partial charge in [0, 0.05) is 16.2 Å². The molecular weight excluding hydrogens is 534 g/mol. The van der Waals surface area contributed by atoms with Crippen LogP contribution in [0, 0.1) is 5.92 Å². The standard InChI is InChI=1S/C18H32O2.C15H13N3O2S/c19-18(20)16-10-8-6-4-2-1-3-5-7-9-13-17-14-11-12-15-17;1-20-15(19)18-14-16-12-8-7-11(9-13(12)17-14)21-10-5-3-2-4-6-10/h11,14,17H,1-10,12-13,15-16H2,(H,19,20);2-9H,1H3,(H2,16,17,18,19). The van der Waals surface area contributed by atoms with Gasteiger partial charge in [0.25, 0.3) is 0 Å². The quantitative estimate of drug-likeness (QED) is 0.115. The van der Waals surface area contributed by atoms with Gasteiger partial charge in [-0.25, -0.2) is 9.78 Å². The van der Waals surface area contributed by atoms with Crippen molar-refractivity contribution in [1.29, 1.82) is 0 Å². The first-order valence-electron chi connectivity index (χ1n) is 15.0. The lowest BCUT2D eigenvalue weighted by atomic mass is 9.99. The first kappa shape index (κ1) is 32.3. The minimum Gasteiger partial charge on any atom is -0.481 e. The topological polar surface area (TPSA) is 104 Å². The molecular formula is C33H45N3O4S. The molecule has 1 aliphatic rings. The number of unbranched alkanes of at least 4 members (excludes halogenated alkanes) is 9. The molecule has 2 aromatic carbocycles. The monoisotopic (exact) mass is 579 g/mol. The molecule has 1 unspecified atom stereocenters. The fraction of sp³-hybridized carbons (Fsp3) is 0.485. The molecule has 3 N–H and O–H groups in total. The van der Waals surface area contributed by atoms with Crippen LogP contribution >= 0.6 is 11.8 Å². The van der Waals surface area contributed by atoms with Gasteiger partial charge >= 0.3 is 12.1 Å². The number of ether oxygens (including phenoxy) is 1. The number of methoxy groups -OCH3 is 1. The van der Waals surface area contributed by atoms with Crippen molar-refractivity contribution in [1.82, 2.24) is 9.97 Å². The van der Waals surface area contributed by atoms with Gasteiger partial charge in [0.1, 0.15) is 0 Å². The van der Waals surface area contributed by atoms with Crippen molar-refractivity contribution in [2.24, 2.45) is 5.92 Å². The maximum Gasteiger partial charge on any atom is 0.413 e. The number of benzene rings is 2. The SMILES string of the molecule is COC(=O)Nc1nc2ccc(Sc3ccccc3)cc2[nH]1.O=C(O)CCCCCCCCCCCCC1C=CCC1. The number of H-pyrrole nitrogens is 1. The summed E-state index contributed by atoms with van der Waals surface area (Å²) in [7, 11) is 1.31. The van der Waals surface area contributed by atoms with Crippen LogP contribution < -0.4 is 5.32 Å². The number of imidazole rings is 1. The van der Waals surface area contributed by atoms with E-state index in [1.54, 1.807) is 11.8 Å². The summed E-state index contributed by atoms with van der Waals surface area (Å²) in [5, 5.41) is 11.0. The van der Waals surface area contributed by atoms with Gasteiger partial charge in [-0.3, -0.25) is 10.1 Å². The molecule has 4 rings (SSSR count). The predicted octanol–water partition coefficient (Wildman–Crippen LogP) is 9.61. The lowest BCUT2D eigenvalue weighted by Gasteiger charge is -2.06. The van der Waals surface area contributed by atoms with E-state index in [2.05, 4.69) is 44.3 Å². The summed E-state index contributed by atoms with van der Waals surface area (Å²) in [4.78, 5) is 31.1. The van der Waals surface area contributed by atoms with Gasteiger partial charge in [0.05, 0.1) is 18.1 Å². The number of aliphatic carboxylic acids is 1. The number of aromatic nitrogens is 2. The molecule has 7 nitrogen and oxygen atoms in total. The van der Waals surface area contributed by atoms with Gasteiger partial charge in [0.2, 0.25) is 5.95 Å². The molecule has 8 heteroatoms. The number of anilines is 1. The molecule has 0 saturated carbocycles. The van der Waals surface area contributed by atoms with Crippen LogP contribution in [0.2, 0.25) is 0 Å². The zero-order valence-electron chi connectivity index (χ0n) is 24.3. The van der Waals surface area contributed by atoms with E-state index < -0.39 is 12.1 Å². The number of nitrogens with zero attached hydrogens (tertiary/aromatic N) is 1. The highest BCUT2D eigenvalue weighted by molar-refractivity contribution is 7.99. The highest BCUT2D eigenvalue weighted by Crippen LogP contribution is 2.29. The Bertz CT molecular complexity index is 1210. The lowest BCUT2D eigenvalue weighted by molar-refractivity contribution is -0.137. The molecule has 0 bridgehead atoms. The van der Waals surface area contributed by atoms with Crippen molar-refractivity contribution in [3.63, 3.8) is 0 Å². The molecule has 1 amide bonds. The smallest absolute Gasteiger partial charge is 0.413 e. The molecule has 0 spiro atoms. The first-order chi connectivity index (χ1) is 20.0. The van der Waals surface area contributed by atoms with Crippen molar-refractivity contribution in [3.05, 3.63) is 60.7 Å². The van der Waals surface area contributed by atoms with E-state index >= 15 is 0 Å². The van der Waals surface area contributed by atoms with E-state index in [0.717, 1.165) is 34.7 Å². The van der Waals surface area contributed by atoms with Crippen LogP contribution in [-0.4, -0.2) is 34.2 Å². The van der Waals surface area contributed by atoms with Crippen LogP contribution in [-0.2, 0) is 9.53 Å². The summed E-state index contributed by atoms with van der Waals surface area (Å²) in [6.07, 6.45) is 21.4. The van der Waals surface area contributed by atoms with E-state index in [1.807, 2.05) is 36.4 Å². The van der Waals surface area contributed by atoms with Gasteiger partial charge < -0.3 is 14.8 Å². The maximum atomic E-state index is 11.2. The molecule has 0 saturated heterocycles. The first-order valence-corrected chi connectivity index (χ1v) is 15.8. The minimum atomic E-state index is -0.655. The number of carboxylic acids is 1. The molecule has 41 heavy (non-hydrogen) atoms. The molecule has 1 atom stereocenters. The summed E-state index contributed by atoms with van der Waals surface area (Å²) in [5.41, 5.74) is 1.65. The van der Waals surface area contributed by atoms with Gasteiger partial charge in [0.15, 0.2) is 0 Å². The average molecular weight is 580 g/mol. The summed E-state index contributed by atoms with van der Waals surface area (Å²) < 4.78 is 4.54. The van der Waals surface area contributed by atoms with E-state index in [1.165, 1.54) is 82.6 Å². The number of hydrogen-bond donors (Lipinski definition) is 3. The third-order valence-corrected chi connectivity index (χ3v) is 8.16. The Kier molecular flexibility index (Phi) is 14.9. The fourth-order valence-electron chi connectivity index (χ4n) is 4.92. The average Bonchev–Trinajstić information content (AvgIpc) is 3.63. The molecule has 0 aliphatic heterocycles. The Morgan fingerprint density at radius 1 is 0.951 bits per heavy atom. The van der Waals surface area contributed by atoms with Crippen molar-refractivity contribution >= 4 is 40.8 Å². The van der Waals surface area contributed by atoms with Crippen molar-refractivity contribution in [2.75, 3.05) is 12.4 Å². The molecule has 1 aromatic heterocycles. The van der Waals surface area contributed by atoms with Crippen LogP contribution in [0.4, 0.5) is 10.7 Å². The second-order valence-electron chi connectivity index (χ2n) is 10.5. The number of carbonyl (C=O) groups excluding carboxylic acids is 1. The van der Waals surface area contributed by atoms with E-state index in [9.17, 15) is 9.59 Å². The number of fused-ring (bicyclic) bond motifs is 1. The summed E-state index contributed by atoms with van der Waals surface area (Å²) in [6.45, 7) is 0. The Balaban J connectivity index is 0.000000226. The highest BCUT2D eigenvalue weighted by Gasteiger charge is 2.09. The third-order valence-electron chi connectivity index (χ3n) is 7.17.